The highest BCUT2D eigenvalue weighted by Crippen LogP contribution is 2.45. The van der Waals surface area contributed by atoms with E-state index in [1.165, 1.54) is 20.7 Å². The average molecular weight is 1080 g/mol. The van der Waals surface area contributed by atoms with E-state index >= 15 is 0 Å². The van der Waals surface area contributed by atoms with Crippen LogP contribution in [0.1, 0.15) is 122 Å². The zero-order valence-corrected chi connectivity index (χ0v) is 49.3. The molecule has 16 nitrogen and oxygen atoms in total. The van der Waals surface area contributed by atoms with Gasteiger partial charge >= 0.3 is 12.2 Å². The molecule has 0 spiro atoms. The summed E-state index contributed by atoms with van der Waals surface area (Å²) < 4.78 is 27.4. The van der Waals surface area contributed by atoms with Gasteiger partial charge in [-0.05, 0) is 108 Å². The second kappa shape index (κ2) is 26.6. The van der Waals surface area contributed by atoms with Gasteiger partial charge in [0.25, 0.3) is 16.6 Å². The third-order valence-electron chi connectivity index (χ3n) is 15.4. The Bertz CT molecular complexity index is 2300. The molecular weight excluding hydrogens is 989 g/mol. The third kappa shape index (κ3) is 13.0. The van der Waals surface area contributed by atoms with Gasteiger partial charge in [-0.3, -0.25) is 9.80 Å². The van der Waals surface area contributed by atoms with Crippen LogP contribution in [0.25, 0.3) is 20.9 Å². The van der Waals surface area contributed by atoms with Gasteiger partial charge in [-0.1, -0.05) is 187 Å². The molecule has 2 aliphatic rings. The van der Waals surface area contributed by atoms with Crippen molar-refractivity contribution >= 4 is 49.6 Å². The Balaban J connectivity index is 0.000000281. The van der Waals surface area contributed by atoms with Crippen LogP contribution in [0.5, 0.6) is 0 Å². The molecule has 0 saturated carbocycles. The molecule has 4 aromatic rings. The van der Waals surface area contributed by atoms with Crippen molar-refractivity contribution in [1.82, 2.24) is 9.80 Å². The number of amides is 2. The molecule has 2 aliphatic heterocycles. The van der Waals surface area contributed by atoms with Crippen molar-refractivity contribution < 1.29 is 27.9 Å². The Morgan fingerprint density at radius 2 is 0.842 bits per heavy atom. The minimum absolute atomic E-state index is 0.215. The highest BCUT2D eigenvalue weighted by atomic mass is 28.4. The molecule has 0 unspecified atom stereocenters. The fourth-order valence-electron chi connectivity index (χ4n) is 12.1. The number of nitrogens with zero attached hydrogens (tertiary/aromatic N) is 8. The van der Waals surface area contributed by atoms with E-state index in [-0.39, 0.29) is 58.6 Å². The number of hydrogen-bond donors (Lipinski definition) is 2. The SMILES string of the molecule is CC[C@@H](O[Si](c1ccccc1)(c1ccccc1)C(C)(C)C)[C@@]1(C)OC(=O)N(CCCCN=[N+]=[N-])[C@@H]1[C@@H](C)N.CC[C@@H](O[Si](c1ccccc1)(c1ccccc1)C(C)(C)C)[C@@]1(C)OC(=O)N(CCCCN=[N+]=[N-])[C@@H]1[C@@H](C)N. The molecule has 2 saturated heterocycles. The third-order valence-corrected chi connectivity index (χ3v) is 25.4. The summed E-state index contributed by atoms with van der Waals surface area (Å²) in [5, 5.41) is 11.5. The minimum atomic E-state index is -2.89. The Labute approximate surface area is 454 Å². The fraction of sp³-hybridized carbons (Fsp3) is 0.552. The van der Waals surface area contributed by atoms with Gasteiger partial charge in [0.15, 0.2) is 11.2 Å². The van der Waals surface area contributed by atoms with Crippen LogP contribution < -0.4 is 32.2 Å². The van der Waals surface area contributed by atoms with Crippen molar-refractivity contribution in [3.8, 4) is 0 Å². The van der Waals surface area contributed by atoms with E-state index in [0.29, 0.717) is 64.7 Å². The maximum atomic E-state index is 13.3. The average Bonchev–Trinajstić information content (AvgIpc) is 3.82. The predicted molar refractivity (Wildman–Crippen MR) is 310 cm³/mol. The van der Waals surface area contributed by atoms with Gasteiger partial charge in [-0.25, -0.2) is 9.59 Å². The number of ether oxygens (including phenoxy) is 2. The lowest BCUT2D eigenvalue weighted by atomic mass is 9.85. The Kier molecular flexibility index (Phi) is 21.4. The molecule has 0 bridgehead atoms. The van der Waals surface area contributed by atoms with Gasteiger partial charge in [0.2, 0.25) is 0 Å². The molecule has 6 rings (SSSR count). The van der Waals surface area contributed by atoms with E-state index in [1.54, 1.807) is 9.80 Å². The number of benzene rings is 4. The summed E-state index contributed by atoms with van der Waals surface area (Å²) in [6.07, 6.45) is 2.55. The summed E-state index contributed by atoms with van der Waals surface area (Å²) in [6, 6.07) is 40.6. The van der Waals surface area contributed by atoms with Crippen molar-refractivity contribution in [1.29, 1.82) is 0 Å². The summed E-state index contributed by atoms with van der Waals surface area (Å²) in [5.41, 5.74) is 28.3. The van der Waals surface area contributed by atoms with Gasteiger partial charge in [-0.2, -0.15) is 0 Å². The van der Waals surface area contributed by atoms with Crippen molar-refractivity contribution in [2.24, 2.45) is 21.7 Å². The van der Waals surface area contributed by atoms with Crippen LogP contribution in [0.4, 0.5) is 9.59 Å². The van der Waals surface area contributed by atoms with Crippen molar-refractivity contribution in [2.45, 2.75) is 179 Å². The fourth-order valence-corrected chi connectivity index (χ4v) is 21.8. The van der Waals surface area contributed by atoms with Gasteiger partial charge < -0.3 is 29.8 Å². The van der Waals surface area contributed by atoms with Crippen molar-refractivity contribution in [2.75, 3.05) is 26.2 Å². The largest absolute Gasteiger partial charge is 0.438 e. The van der Waals surface area contributed by atoms with Gasteiger partial charge in [-0.15, -0.1) is 0 Å². The molecular formula is C58H86N10O6Si2. The van der Waals surface area contributed by atoms with E-state index in [0.717, 1.165) is 0 Å². The molecule has 18 heteroatoms. The number of carbonyl (C=O) groups is 2. The molecule has 412 valence electrons. The normalized spacial score (nSPS) is 21.5. The van der Waals surface area contributed by atoms with E-state index in [9.17, 15) is 9.59 Å². The summed E-state index contributed by atoms with van der Waals surface area (Å²) in [4.78, 5) is 35.7. The molecule has 0 radical (unpaired) electrons. The lowest BCUT2D eigenvalue weighted by Crippen LogP contribution is -2.70. The Hall–Kier alpha value is -5.69. The van der Waals surface area contributed by atoms with Crippen LogP contribution in [0.2, 0.25) is 10.1 Å². The predicted octanol–water partition coefficient (Wildman–Crippen LogP) is 10.7. The molecule has 2 fully saturated rings. The zero-order chi connectivity index (χ0) is 56.0. The molecule has 76 heavy (non-hydrogen) atoms. The molecule has 8 atom stereocenters. The Morgan fingerprint density at radius 3 is 1.07 bits per heavy atom. The standard InChI is InChI=1S/2C29H43N5O3Si/c2*1-7-25(29(6)26(22(2)30)34(27(35)36-29)21-15-14-20-32-33-31)37-38(28(3,4)5,23-16-10-8-11-17-23)24-18-12-9-13-19-24/h2*8-13,16-19,22,25-26H,7,14-15,20-21,30H2,1-6H3/t2*22-,25-,26-,29-/m11/s1. The summed E-state index contributed by atoms with van der Waals surface area (Å²) in [5.74, 6) is 0. The molecule has 0 aliphatic carbocycles. The van der Waals surface area contributed by atoms with Crippen LogP contribution in [0, 0.1) is 0 Å². The van der Waals surface area contributed by atoms with Gasteiger partial charge in [0.05, 0.1) is 24.3 Å². The highest BCUT2D eigenvalue weighted by molar-refractivity contribution is 7.00. The van der Waals surface area contributed by atoms with E-state index < -0.39 is 27.8 Å². The van der Waals surface area contributed by atoms with Gasteiger partial charge in [0.1, 0.15) is 0 Å². The number of azide groups is 2. The molecule has 2 heterocycles. The van der Waals surface area contributed by atoms with Crippen molar-refractivity contribution in [3.63, 3.8) is 0 Å². The van der Waals surface area contributed by atoms with Gasteiger partial charge in [0, 0.05) is 48.1 Å². The molecule has 0 aromatic heterocycles. The zero-order valence-electron chi connectivity index (χ0n) is 47.3. The number of hydrogen-bond acceptors (Lipinski definition) is 10. The number of carbonyl (C=O) groups excluding carboxylic acids is 2. The first-order chi connectivity index (χ1) is 36.0. The first kappa shape index (κ1) is 61.2. The van der Waals surface area contributed by atoms with Crippen LogP contribution in [0.15, 0.2) is 132 Å². The van der Waals surface area contributed by atoms with Crippen LogP contribution in [0.3, 0.4) is 0 Å². The Morgan fingerprint density at radius 1 is 0.566 bits per heavy atom. The van der Waals surface area contributed by atoms with E-state index in [1.807, 2.05) is 52.0 Å². The number of nitrogens with two attached hydrogens (primary N) is 2. The summed E-state index contributed by atoms with van der Waals surface area (Å²) in [6.45, 7) is 27.2. The monoisotopic (exact) mass is 1070 g/mol. The lowest BCUT2D eigenvalue weighted by molar-refractivity contribution is -0.0564. The quantitative estimate of drug-likeness (QED) is 0.0225. The smallest absolute Gasteiger partial charge is 0.410 e. The summed E-state index contributed by atoms with van der Waals surface area (Å²) in [7, 11) is -5.79. The highest BCUT2D eigenvalue weighted by Gasteiger charge is 2.62. The minimum Gasteiger partial charge on any atom is -0.438 e. The lowest BCUT2D eigenvalue weighted by Gasteiger charge is -2.49. The van der Waals surface area contributed by atoms with Crippen LogP contribution >= 0.6 is 0 Å². The first-order valence-corrected chi connectivity index (χ1v) is 31.0. The molecule has 4 aromatic carbocycles. The molecule has 2 amide bonds. The number of cyclic esters (lactones) is 2. The van der Waals surface area contributed by atoms with Crippen LogP contribution in [-0.2, 0) is 18.3 Å². The maximum absolute atomic E-state index is 13.3. The number of rotatable bonds is 24. The topological polar surface area (TPSA) is 227 Å². The first-order valence-electron chi connectivity index (χ1n) is 27.1. The van der Waals surface area contributed by atoms with Crippen molar-refractivity contribution in [3.05, 3.63) is 142 Å². The van der Waals surface area contributed by atoms with E-state index in [4.69, 9.17) is 40.9 Å². The second-order valence-electron chi connectivity index (χ2n) is 22.8. The summed E-state index contributed by atoms with van der Waals surface area (Å²) >= 11 is 0. The van der Waals surface area contributed by atoms with E-state index in [2.05, 4.69) is 173 Å². The number of unbranched alkanes of at least 4 members (excludes halogenated alkanes) is 2. The second-order valence-corrected chi connectivity index (χ2v) is 31.3. The maximum Gasteiger partial charge on any atom is 0.410 e. The van der Waals surface area contributed by atoms with Crippen LogP contribution in [-0.4, -0.2) is 112 Å². The molecule has 4 N–H and O–H groups in total.